The van der Waals surface area contributed by atoms with Crippen molar-refractivity contribution in [3.63, 3.8) is 0 Å². The lowest BCUT2D eigenvalue weighted by atomic mass is 10.2. The first-order valence-corrected chi connectivity index (χ1v) is 8.27. The number of benzene rings is 2. The van der Waals surface area contributed by atoms with Crippen molar-refractivity contribution < 1.29 is 19.2 Å². The van der Waals surface area contributed by atoms with Crippen molar-refractivity contribution in [3.05, 3.63) is 69.4 Å². The predicted molar refractivity (Wildman–Crippen MR) is 99.9 cm³/mol. The summed E-state index contributed by atoms with van der Waals surface area (Å²) in [6, 6.07) is 12.7. The Morgan fingerprint density at radius 1 is 1.19 bits per heavy atom. The van der Waals surface area contributed by atoms with Crippen LogP contribution in [0.2, 0.25) is 5.02 Å². The Morgan fingerprint density at radius 2 is 1.85 bits per heavy atom. The van der Waals surface area contributed by atoms with Crippen LogP contribution in [-0.4, -0.2) is 27.9 Å². The van der Waals surface area contributed by atoms with Gasteiger partial charge in [-0.25, -0.2) is 4.79 Å². The largest absolute Gasteiger partial charge is 0.448 e. The highest BCUT2D eigenvalue weighted by Crippen LogP contribution is 2.28. The van der Waals surface area contributed by atoms with Gasteiger partial charge < -0.3 is 15.0 Å². The number of H-pyrrole nitrogens is 1. The summed E-state index contributed by atoms with van der Waals surface area (Å²) in [4.78, 5) is 37.9. The maximum Gasteiger partial charge on any atom is 0.357 e. The summed E-state index contributed by atoms with van der Waals surface area (Å²) in [6.45, 7) is 1.36. The van der Waals surface area contributed by atoms with Crippen molar-refractivity contribution in [2.75, 3.05) is 5.32 Å². The van der Waals surface area contributed by atoms with Crippen molar-refractivity contribution in [1.29, 1.82) is 0 Å². The third kappa shape index (κ3) is 3.75. The fraction of sp³-hybridized carbons (Fsp3) is 0.111. The van der Waals surface area contributed by atoms with E-state index in [4.69, 9.17) is 16.3 Å². The molecule has 1 unspecified atom stereocenters. The van der Waals surface area contributed by atoms with Gasteiger partial charge >= 0.3 is 5.97 Å². The van der Waals surface area contributed by atoms with Crippen molar-refractivity contribution in [1.82, 2.24) is 4.98 Å². The normalized spacial score (nSPS) is 11.8. The summed E-state index contributed by atoms with van der Waals surface area (Å²) in [6.07, 6.45) is -1.19. The zero-order chi connectivity index (χ0) is 19.6. The molecule has 1 amide bonds. The van der Waals surface area contributed by atoms with E-state index in [9.17, 15) is 19.7 Å². The summed E-state index contributed by atoms with van der Waals surface area (Å²) in [5, 5.41) is 14.2. The molecule has 3 rings (SSSR count). The average molecular weight is 388 g/mol. The number of anilines is 1. The number of hydrogen-bond acceptors (Lipinski definition) is 5. The second kappa shape index (κ2) is 7.46. The first-order valence-electron chi connectivity index (χ1n) is 7.90. The number of para-hydroxylation sites is 3. The molecule has 2 N–H and O–H groups in total. The van der Waals surface area contributed by atoms with Crippen LogP contribution in [0.25, 0.3) is 10.9 Å². The standard InChI is InChI=1S/C18H14ClN3O5/c1-10(17(23)21-13-8-4-5-9-14(13)22(25)26)27-18(24)16-15(19)11-6-2-3-7-12(11)20-16/h2-10,20H,1H3,(H,21,23). The number of ether oxygens (including phenoxy) is 1. The van der Waals surface area contributed by atoms with E-state index in [0.717, 1.165) is 0 Å². The number of nitrogens with zero attached hydrogens (tertiary/aromatic N) is 1. The highest BCUT2D eigenvalue weighted by atomic mass is 35.5. The van der Waals surface area contributed by atoms with Crippen LogP contribution in [-0.2, 0) is 9.53 Å². The van der Waals surface area contributed by atoms with E-state index in [-0.39, 0.29) is 22.1 Å². The van der Waals surface area contributed by atoms with Gasteiger partial charge in [0.15, 0.2) is 6.10 Å². The number of amides is 1. The Labute approximate surface area is 158 Å². The number of nitro groups is 1. The molecule has 138 valence electrons. The Bertz CT molecular complexity index is 1050. The van der Waals surface area contributed by atoms with E-state index in [1.807, 2.05) is 0 Å². The fourth-order valence-electron chi connectivity index (χ4n) is 2.49. The molecule has 3 aromatic rings. The minimum absolute atomic E-state index is 0.0130. The van der Waals surface area contributed by atoms with Gasteiger partial charge in [-0.1, -0.05) is 41.9 Å². The smallest absolute Gasteiger partial charge is 0.357 e. The second-order valence-electron chi connectivity index (χ2n) is 5.67. The Balaban J connectivity index is 1.73. The number of aromatic nitrogens is 1. The fourth-order valence-corrected chi connectivity index (χ4v) is 2.78. The highest BCUT2D eigenvalue weighted by molar-refractivity contribution is 6.38. The monoisotopic (exact) mass is 387 g/mol. The molecule has 1 atom stereocenters. The molecule has 0 fully saturated rings. The first kappa shape index (κ1) is 18.4. The lowest BCUT2D eigenvalue weighted by molar-refractivity contribution is -0.383. The first-order chi connectivity index (χ1) is 12.9. The van der Waals surface area contributed by atoms with Crippen molar-refractivity contribution in [3.8, 4) is 0 Å². The van der Waals surface area contributed by atoms with Crippen LogP contribution in [0.5, 0.6) is 0 Å². The van der Waals surface area contributed by atoms with Crippen LogP contribution >= 0.6 is 11.6 Å². The van der Waals surface area contributed by atoms with Gasteiger partial charge in [-0.15, -0.1) is 0 Å². The zero-order valence-corrected chi connectivity index (χ0v) is 14.8. The van der Waals surface area contributed by atoms with Gasteiger partial charge in [0, 0.05) is 17.0 Å². The summed E-state index contributed by atoms with van der Waals surface area (Å²) >= 11 is 6.19. The van der Waals surface area contributed by atoms with Crippen LogP contribution < -0.4 is 5.32 Å². The zero-order valence-electron chi connectivity index (χ0n) is 14.1. The van der Waals surface area contributed by atoms with E-state index in [2.05, 4.69) is 10.3 Å². The van der Waals surface area contributed by atoms with E-state index in [1.165, 1.54) is 25.1 Å². The van der Waals surface area contributed by atoms with E-state index in [0.29, 0.717) is 10.9 Å². The highest BCUT2D eigenvalue weighted by Gasteiger charge is 2.24. The van der Waals surface area contributed by atoms with Gasteiger partial charge in [0.1, 0.15) is 11.4 Å². The van der Waals surface area contributed by atoms with Gasteiger partial charge in [0.25, 0.3) is 11.6 Å². The van der Waals surface area contributed by atoms with Gasteiger partial charge in [-0.05, 0) is 19.1 Å². The quantitative estimate of drug-likeness (QED) is 0.391. The molecule has 0 saturated heterocycles. The molecule has 0 spiro atoms. The maximum absolute atomic E-state index is 12.4. The number of aromatic amines is 1. The molecule has 27 heavy (non-hydrogen) atoms. The molecular weight excluding hydrogens is 374 g/mol. The summed E-state index contributed by atoms with van der Waals surface area (Å²) in [7, 11) is 0. The minimum Gasteiger partial charge on any atom is -0.448 e. The minimum atomic E-state index is -1.19. The molecule has 0 aliphatic heterocycles. The second-order valence-corrected chi connectivity index (χ2v) is 6.05. The molecular formula is C18H14ClN3O5. The number of nitrogens with one attached hydrogen (secondary N) is 2. The van der Waals surface area contributed by atoms with Crippen LogP contribution in [0.3, 0.4) is 0 Å². The van der Waals surface area contributed by atoms with Gasteiger partial charge in [0.2, 0.25) is 0 Å². The van der Waals surface area contributed by atoms with Crippen LogP contribution in [0.15, 0.2) is 48.5 Å². The van der Waals surface area contributed by atoms with Gasteiger partial charge in [0.05, 0.1) is 9.95 Å². The molecule has 0 bridgehead atoms. The van der Waals surface area contributed by atoms with Gasteiger partial charge in [-0.2, -0.15) is 0 Å². The van der Waals surface area contributed by atoms with E-state index >= 15 is 0 Å². The molecule has 0 radical (unpaired) electrons. The SMILES string of the molecule is CC(OC(=O)c1[nH]c2ccccc2c1Cl)C(=O)Nc1ccccc1[N+](=O)[O-]. The summed E-state index contributed by atoms with van der Waals surface area (Å²) in [5.41, 5.74) is 0.441. The lowest BCUT2D eigenvalue weighted by Gasteiger charge is -2.13. The average Bonchev–Trinajstić information content (AvgIpc) is 2.99. The summed E-state index contributed by atoms with van der Waals surface area (Å²) in [5.74, 6) is -1.51. The van der Waals surface area contributed by atoms with Crippen molar-refractivity contribution in [2.45, 2.75) is 13.0 Å². The number of hydrogen-bond donors (Lipinski definition) is 2. The molecule has 0 aliphatic rings. The van der Waals surface area contributed by atoms with Crippen LogP contribution in [0, 0.1) is 10.1 Å². The van der Waals surface area contributed by atoms with Crippen molar-refractivity contribution in [2.24, 2.45) is 0 Å². The molecule has 2 aromatic carbocycles. The third-order valence-electron chi connectivity index (χ3n) is 3.86. The molecule has 1 heterocycles. The molecule has 0 saturated carbocycles. The lowest BCUT2D eigenvalue weighted by Crippen LogP contribution is -2.30. The number of esters is 1. The summed E-state index contributed by atoms with van der Waals surface area (Å²) < 4.78 is 5.14. The van der Waals surface area contributed by atoms with Crippen molar-refractivity contribution >= 4 is 45.8 Å². The predicted octanol–water partition coefficient (Wildman–Crippen LogP) is 3.91. The maximum atomic E-state index is 12.4. The van der Waals surface area contributed by atoms with Crippen LogP contribution in [0.1, 0.15) is 17.4 Å². The molecule has 1 aromatic heterocycles. The Hall–Kier alpha value is -3.39. The van der Waals surface area contributed by atoms with Gasteiger partial charge in [-0.3, -0.25) is 14.9 Å². The van der Waals surface area contributed by atoms with E-state index < -0.39 is 22.9 Å². The number of carbonyl (C=O) groups is 2. The topological polar surface area (TPSA) is 114 Å². The number of nitro benzene ring substituents is 1. The molecule has 8 nitrogen and oxygen atoms in total. The number of rotatable bonds is 5. The number of halogens is 1. The van der Waals surface area contributed by atoms with E-state index in [1.54, 1.807) is 30.3 Å². The third-order valence-corrected chi connectivity index (χ3v) is 4.25. The molecule has 0 aliphatic carbocycles. The Kier molecular flexibility index (Phi) is 5.09. The molecule has 9 heteroatoms. The Morgan fingerprint density at radius 3 is 2.56 bits per heavy atom. The number of carbonyl (C=O) groups excluding carboxylic acids is 2. The van der Waals surface area contributed by atoms with Crippen LogP contribution in [0.4, 0.5) is 11.4 Å². The number of fused-ring (bicyclic) bond motifs is 1.